The third-order valence-electron chi connectivity index (χ3n) is 2.15. The second-order valence-corrected chi connectivity index (χ2v) is 3.51. The summed E-state index contributed by atoms with van der Waals surface area (Å²) in [5.74, 6) is 0. The van der Waals surface area contributed by atoms with Gasteiger partial charge in [-0.3, -0.25) is 0 Å². The van der Waals surface area contributed by atoms with Crippen molar-refractivity contribution in [1.29, 1.82) is 0 Å². The Morgan fingerprint density at radius 1 is 1.33 bits per heavy atom. The van der Waals surface area contributed by atoms with Crippen molar-refractivity contribution in [2.75, 3.05) is 6.61 Å². The fraction of sp³-hybridized carbons (Fsp3) is 0.385. The summed E-state index contributed by atoms with van der Waals surface area (Å²) in [4.78, 5) is 0. The molecule has 0 spiro atoms. The van der Waals surface area contributed by atoms with Crippen LogP contribution < -0.4 is 0 Å². The van der Waals surface area contributed by atoms with Gasteiger partial charge in [0.15, 0.2) is 0 Å². The predicted molar refractivity (Wildman–Crippen MR) is 61.5 cm³/mol. The predicted octanol–water partition coefficient (Wildman–Crippen LogP) is 2.53. The van der Waals surface area contributed by atoms with Crippen LogP contribution in [0.1, 0.15) is 18.4 Å². The molecule has 0 heterocycles. The summed E-state index contributed by atoms with van der Waals surface area (Å²) >= 11 is 0. The summed E-state index contributed by atoms with van der Waals surface area (Å²) in [7, 11) is 0. The number of aliphatic hydroxyl groups excluding tert-OH is 1. The maximum atomic E-state index is 9.40. The summed E-state index contributed by atoms with van der Waals surface area (Å²) < 4.78 is 5.44. The van der Waals surface area contributed by atoms with E-state index >= 15 is 0 Å². The first kappa shape index (κ1) is 12.0. The minimum atomic E-state index is -0.321. The molecule has 0 saturated heterocycles. The second kappa shape index (κ2) is 7.21. The van der Waals surface area contributed by atoms with Gasteiger partial charge < -0.3 is 9.84 Å². The van der Waals surface area contributed by atoms with Gasteiger partial charge in [0.25, 0.3) is 0 Å². The average Bonchev–Trinajstić information content (AvgIpc) is 2.26. The molecule has 82 valence electrons. The third-order valence-corrected chi connectivity index (χ3v) is 2.15. The molecule has 1 rings (SSSR count). The highest BCUT2D eigenvalue weighted by Crippen LogP contribution is 2.03. The number of hydrogen-bond acceptors (Lipinski definition) is 2. The fourth-order valence-electron chi connectivity index (χ4n) is 1.29. The van der Waals surface area contributed by atoms with Crippen LogP contribution in [0.3, 0.4) is 0 Å². The number of benzene rings is 1. The molecule has 0 amide bonds. The summed E-state index contributed by atoms with van der Waals surface area (Å²) in [6.45, 7) is 4.78. The van der Waals surface area contributed by atoms with Gasteiger partial charge in [0.2, 0.25) is 0 Å². The van der Waals surface area contributed by atoms with E-state index in [-0.39, 0.29) is 6.10 Å². The summed E-state index contributed by atoms with van der Waals surface area (Å²) in [6, 6.07) is 10.0. The normalized spacial score (nSPS) is 12.3. The lowest BCUT2D eigenvalue weighted by Gasteiger charge is -2.08. The zero-order valence-electron chi connectivity index (χ0n) is 8.93. The monoisotopic (exact) mass is 206 g/mol. The SMILES string of the molecule is C=CC[C@H](O)CCOCc1ccccc1. The highest BCUT2D eigenvalue weighted by molar-refractivity contribution is 5.13. The highest BCUT2D eigenvalue weighted by Gasteiger charge is 2.00. The lowest BCUT2D eigenvalue weighted by molar-refractivity contribution is 0.0746. The molecule has 0 radical (unpaired) electrons. The Kier molecular flexibility index (Phi) is 5.74. The molecule has 1 N–H and O–H groups in total. The summed E-state index contributed by atoms with van der Waals surface area (Å²) in [5, 5.41) is 9.40. The molecule has 15 heavy (non-hydrogen) atoms. The van der Waals surface area contributed by atoms with Crippen LogP contribution in [-0.2, 0) is 11.3 Å². The molecule has 2 nitrogen and oxygen atoms in total. The largest absolute Gasteiger partial charge is 0.393 e. The molecule has 0 bridgehead atoms. The zero-order chi connectivity index (χ0) is 10.9. The second-order valence-electron chi connectivity index (χ2n) is 3.51. The molecule has 0 aromatic heterocycles. The van der Waals surface area contributed by atoms with Crippen molar-refractivity contribution in [3.05, 3.63) is 48.6 Å². The molecule has 0 saturated carbocycles. The molecule has 1 atom stereocenters. The molecule has 2 heteroatoms. The van der Waals surface area contributed by atoms with Crippen molar-refractivity contribution in [3.63, 3.8) is 0 Å². The van der Waals surface area contributed by atoms with E-state index in [4.69, 9.17) is 4.74 Å². The Morgan fingerprint density at radius 2 is 2.07 bits per heavy atom. The van der Waals surface area contributed by atoms with Gasteiger partial charge in [-0.25, -0.2) is 0 Å². The molecule has 0 aliphatic heterocycles. The van der Waals surface area contributed by atoms with E-state index in [1.165, 1.54) is 0 Å². The fourth-order valence-corrected chi connectivity index (χ4v) is 1.29. The van der Waals surface area contributed by atoms with E-state index in [0.29, 0.717) is 26.1 Å². The van der Waals surface area contributed by atoms with Gasteiger partial charge >= 0.3 is 0 Å². The first-order chi connectivity index (χ1) is 7.33. The van der Waals surface area contributed by atoms with Gasteiger partial charge in [0.1, 0.15) is 0 Å². The Hall–Kier alpha value is -1.12. The molecule has 0 unspecified atom stereocenters. The van der Waals surface area contributed by atoms with Crippen molar-refractivity contribution in [1.82, 2.24) is 0 Å². The van der Waals surface area contributed by atoms with E-state index in [2.05, 4.69) is 6.58 Å². The summed E-state index contributed by atoms with van der Waals surface area (Å²) in [5.41, 5.74) is 1.16. The molecular weight excluding hydrogens is 188 g/mol. The van der Waals surface area contributed by atoms with E-state index < -0.39 is 0 Å². The Morgan fingerprint density at radius 3 is 2.73 bits per heavy atom. The lowest BCUT2D eigenvalue weighted by atomic mass is 10.2. The molecule has 1 aromatic carbocycles. The smallest absolute Gasteiger partial charge is 0.0716 e. The molecule has 0 aliphatic rings. The van der Waals surface area contributed by atoms with E-state index in [1.807, 2.05) is 30.3 Å². The number of aliphatic hydroxyl groups is 1. The van der Waals surface area contributed by atoms with Crippen molar-refractivity contribution in [3.8, 4) is 0 Å². The molecule has 1 aromatic rings. The van der Waals surface area contributed by atoms with E-state index in [0.717, 1.165) is 5.56 Å². The summed E-state index contributed by atoms with van der Waals surface area (Å²) in [6.07, 6.45) is 2.70. The first-order valence-electron chi connectivity index (χ1n) is 5.23. The Bertz CT molecular complexity index is 269. The Balaban J connectivity index is 2.09. The zero-order valence-corrected chi connectivity index (χ0v) is 8.93. The number of ether oxygens (including phenoxy) is 1. The van der Waals surface area contributed by atoms with Gasteiger partial charge in [-0.1, -0.05) is 36.4 Å². The van der Waals surface area contributed by atoms with Crippen LogP contribution >= 0.6 is 0 Å². The van der Waals surface area contributed by atoms with Crippen molar-refractivity contribution >= 4 is 0 Å². The van der Waals surface area contributed by atoms with Crippen LogP contribution in [0.5, 0.6) is 0 Å². The average molecular weight is 206 g/mol. The number of hydrogen-bond donors (Lipinski definition) is 1. The molecule has 0 fully saturated rings. The quantitative estimate of drug-likeness (QED) is 0.548. The van der Waals surface area contributed by atoms with Crippen molar-refractivity contribution < 1.29 is 9.84 Å². The third kappa shape index (κ3) is 5.35. The number of rotatable bonds is 7. The highest BCUT2D eigenvalue weighted by atomic mass is 16.5. The van der Waals surface area contributed by atoms with Crippen molar-refractivity contribution in [2.45, 2.75) is 25.6 Å². The van der Waals surface area contributed by atoms with Gasteiger partial charge in [0.05, 0.1) is 12.7 Å². The van der Waals surface area contributed by atoms with Gasteiger partial charge in [-0.15, -0.1) is 6.58 Å². The van der Waals surface area contributed by atoms with Crippen LogP contribution in [0.15, 0.2) is 43.0 Å². The van der Waals surface area contributed by atoms with Crippen LogP contribution in [0.2, 0.25) is 0 Å². The maximum absolute atomic E-state index is 9.40. The van der Waals surface area contributed by atoms with Crippen LogP contribution in [0.25, 0.3) is 0 Å². The van der Waals surface area contributed by atoms with E-state index in [1.54, 1.807) is 6.08 Å². The Labute approximate surface area is 91.2 Å². The van der Waals surface area contributed by atoms with Crippen LogP contribution in [0, 0.1) is 0 Å². The molecule has 0 aliphatic carbocycles. The topological polar surface area (TPSA) is 29.5 Å². The van der Waals surface area contributed by atoms with Crippen molar-refractivity contribution in [2.24, 2.45) is 0 Å². The lowest BCUT2D eigenvalue weighted by Crippen LogP contribution is -2.09. The van der Waals surface area contributed by atoms with Crippen LogP contribution in [0.4, 0.5) is 0 Å². The maximum Gasteiger partial charge on any atom is 0.0716 e. The van der Waals surface area contributed by atoms with E-state index in [9.17, 15) is 5.11 Å². The van der Waals surface area contributed by atoms with Crippen LogP contribution in [-0.4, -0.2) is 17.8 Å². The van der Waals surface area contributed by atoms with Gasteiger partial charge in [-0.05, 0) is 18.4 Å². The first-order valence-corrected chi connectivity index (χ1v) is 5.23. The van der Waals surface area contributed by atoms with Gasteiger partial charge in [-0.2, -0.15) is 0 Å². The minimum absolute atomic E-state index is 0.321. The standard InChI is InChI=1S/C13H18O2/c1-2-6-13(14)9-10-15-11-12-7-4-3-5-8-12/h2-5,7-8,13-14H,1,6,9-11H2/t13-/m0/s1. The minimum Gasteiger partial charge on any atom is -0.393 e. The molecular formula is C13H18O2. The van der Waals surface area contributed by atoms with Gasteiger partial charge in [0, 0.05) is 6.61 Å².